The molecule has 0 aromatic heterocycles. The minimum atomic E-state index is -0.783. The highest BCUT2D eigenvalue weighted by molar-refractivity contribution is 6.07. The summed E-state index contributed by atoms with van der Waals surface area (Å²) in [4.78, 5) is 22.4. The van der Waals surface area contributed by atoms with Crippen molar-refractivity contribution in [2.24, 2.45) is 5.92 Å². The van der Waals surface area contributed by atoms with Gasteiger partial charge in [-0.3, -0.25) is 9.59 Å². The average Bonchev–Trinajstić information content (AvgIpc) is 2.86. The van der Waals surface area contributed by atoms with Gasteiger partial charge in [-0.05, 0) is 38.2 Å². The van der Waals surface area contributed by atoms with Crippen LogP contribution in [-0.4, -0.2) is 16.9 Å². The number of carboxylic acid groups (broad SMARTS) is 1. The maximum Gasteiger partial charge on any atom is 0.303 e. The van der Waals surface area contributed by atoms with E-state index in [1.165, 1.54) is 19.3 Å². The number of carbonyl (C=O) groups is 2. The largest absolute Gasteiger partial charge is 0.481 e. The summed E-state index contributed by atoms with van der Waals surface area (Å²) in [6.07, 6.45) is 21.0. The topological polar surface area (TPSA) is 54.4 Å². The van der Waals surface area contributed by atoms with Gasteiger partial charge in [0.25, 0.3) is 0 Å². The lowest BCUT2D eigenvalue weighted by Crippen LogP contribution is -2.04. The third-order valence-electron chi connectivity index (χ3n) is 3.89. The minimum absolute atomic E-state index is 0.0464. The van der Waals surface area contributed by atoms with E-state index in [-0.39, 0.29) is 18.1 Å². The quantitative estimate of drug-likeness (QED) is 0.331. The highest BCUT2D eigenvalue weighted by Gasteiger charge is 2.21. The van der Waals surface area contributed by atoms with E-state index < -0.39 is 5.97 Å². The van der Waals surface area contributed by atoms with Gasteiger partial charge in [-0.1, -0.05) is 56.2 Å². The molecule has 1 unspecified atom stereocenters. The van der Waals surface area contributed by atoms with Crippen molar-refractivity contribution >= 4 is 11.8 Å². The molecule has 0 bridgehead atoms. The highest BCUT2D eigenvalue weighted by atomic mass is 16.4. The molecule has 0 aromatic carbocycles. The molecule has 3 nitrogen and oxygen atoms in total. The zero-order valence-electron chi connectivity index (χ0n) is 14.0. The van der Waals surface area contributed by atoms with Gasteiger partial charge >= 0.3 is 5.97 Å². The van der Waals surface area contributed by atoms with Crippen molar-refractivity contribution in [3.8, 4) is 0 Å². The molecular formula is C20H28O3. The van der Waals surface area contributed by atoms with E-state index in [0.29, 0.717) is 12.8 Å². The number of hydrogen-bond acceptors (Lipinski definition) is 2. The molecule has 1 aliphatic rings. The summed E-state index contributed by atoms with van der Waals surface area (Å²) in [6, 6.07) is 0. The molecule has 23 heavy (non-hydrogen) atoms. The molecule has 0 saturated carbocycles. The zero-order valence-corrected chi connectivity index (χ0v) is 14.0. The lowest BCUT2D eigenvalue weighted by atomic mass is 9.95. The van der Waals surface area contributed by atoms with Crippen molar-refractivity contribution in [1.29, 1.82) is 0 Å². The predicted molar refractivity (Wildman–Crippen MR) is 94.2 cm³/mol. The first-order valence-corrected chi connectivity index (χ1v) is 8.61. The van der Waals surface area contributed by atoms with Crippen molar-refractivity contribution in [2.45, 2.75) is 58.3 Å². The number of rotatable bonds is 11. The number of carbonyl (C=O) groups excluding carboxylic acids is 1. The van der Waals surface area contributed by atoms with Crippen molar-refractivity contribution in [2.75, 3.05) is 0 Å². The van der Waals surface area contributed by atoms with Crippen LogP contribution in [0, 0.1) is 5.92 Å². The van der Waals surface area contributed by atoms with Crippen LogP contribution in [0.15, 0.2) is 48.1 Å². The van der Waals surface area contributed by atoms with Crippen LogP contribution in [0.4, 0.5) is 0 Å². The van der Waals surface area contributed by atoms with Crippen molar-refractivity contribution in [3.63, 3.8) is 0 Å². The second-order valence-corrected chi connectivity index (χ2v) is 5.87. The van der Waals surface area contributed by atoms with E-state index in [1.807, 2.05) is 24.3 Å². The van der Waals surface area contributed by atoms with Crippen LogP contribution in [0.2, 0.25) is 0 Å². The molecule has 0 amide bonds. The Hall–Kier alpha value is -1.90. The van der Waals surface area contributed by atoms with Gasteiger partial charge in [-0.25, -0.2) is 0 Å². The molecule has 0 fully saturated rings. The Morgan fingerprint density at radius 1 is 1.22 bits per heavy atom. The lowest BCUT2D eigenvalue weighted by molar-refractivity contribution is -0.137. The number of hydrogen-bond donors (Lipinski definition) is 1. The van der Waals surface area contributed by atoms with Crippen LogP contribution in [0.3, 0.4) is 0 Å². The first kappa shape index (κ1) is 19.1. The van der Waals surface area contributed by atoms with Crippen LogP contribution in [-0.2, 0) is 9.59 Å². The van der Waals surface area contributed by atoms with E-state index >= 15 is 0 Å². The third-order valence-corrected chi connectivity index (χ3v) is 3.89. The second-order valence-electron chi connectivity index (χ2n) is 5.87. The Morgan fingerprint density at radius 2 is 2.04 bits per heavy atom. The van der Waals surface area contributed by atoms with E-state index in [1.54, 1.807) is 6.08 Å². The Morgan fingerprint density at radius 3 is 2.78 bits per heavy atom. The van der Waals surface area contributed by atoms with Gasteiger partial charge in [0.15, 0.2) is 5.78 Å². The summed E-state index contributed by atoms with van der Waals surface area (Å²) in [5, 5.41) is 8.68. The summed E-state index contributed by atoms with van der Waals surface area (Å²) in [7, 11) is 0. The van der Waals surface area contributed by atoms with Gasteiger partial charge in [-0.15, -0.1) is 0 Å². The van der Waals surface area contributed by atoms with E-state index in [0.717, 1.165) is 18.4 Å². The number of allylic oxidation sites excluding steroid dienone is 8. The molecular weight excluding hydrogens is 288 g/mol. The van der Waals surface area contributed by atoms with Crippen LogP contribution in [0.5, 0.6) is 0 Å². The van der Waals surface area contributed by atoms with Gasteiger partial charge in [0, 0.05) is 17.9 Å². The van der Waals surface area contributed by atoms with Gasteiger partial charge in [0.2, 0.25) is 0 Å². The zero-order chi connectivity index (χ0) is 16.9. The molecule has 1 aliphatic carbocycles. The summed E-state index contributed by atoms with van der Waals surface area (Å²) >= 11 is 0. The number of unbranched alkanes of at least 4 members (excludes halogenated alkanes) is 3. The molecule has 0 saturated heterocycles. The molecule has 3 heteroatoms. The molecule has 1 rings (SSSR count). The fourth-order valence-electron chi connectivity index (χ4n) is 2.57. The molecule has 126 valence electrons. The third kappa shape index (κ3) is 8.34. The fourth-order valence-corrected chi connectivity index (χ4v) is 2.57. The number of aliphatic carboxylic acids is 1. The minimum Gasteiger partial charge on any atom is -0.481 e. The van der Waals surface area contributed by atoms with Crippen LogP contribution >= 0.6 is 0 Å². The van der Waals surface area contributed by atoms with Crippen molar-refractivity contribution < 1.29 is 14.7 Å². The van der Waals surface area contributed by atoms with E-state index in [4.69, 9.17) is 5.11 Å². The van der Waals surface area contributed by atoms with Crippen LogP contribution in [0.25, 0.3) is 0 Å². The Bertz CT molecular complexity index is 495. The second kappa shape index (κ2) is 11.6. The average molecular weight is 316 g/mol. The van der Waals surface area contributed by atoms with Crippen LogP contribution in [0.1, 0.15) is 58.3 Å². The van der Waals surface area contributed by atoms with Gasteiger partial charge < -0.3 is 5.11 Å². The molecule has 0 spiro atoms. The van der Waals surface area contributed by atoms with E-state index in [9.17, 15) is 9.59 Å². The molecule has 1 N–H and O–H groups in total. The first-order valence-electron chi connectivity index (χ1n) is 8.61. The summed E-state index contributed by atoms with van der Waals surface area (Å²) in [6.45, 7) is 2.20. The maximum atomic E-state index is 11.8. The number of ketones is 1. The maximum absolute atomic E-state index is 11.8. The fraction of sp³-hybridized carbons (Fsp3) is 0.500. The van der Waals surface area contributed by atoms with E-state index in [2.05, 4.69) is 19.1 Å². The van der Waals surface area contributed by atoms with Crippen molar-refractivity contribution in [1.82, 2.24) is 0 Å². The van der Waals surface area contributed by atoms with Crippen molar-refractivity contribution in [3.05, 3.63) is 48.1 Å². The number of carboxylic acids is 1. The highest BCUT2D eigenvalue weighted by Crippen LogP contribution is 2.26. The molecule has 0 aliphatic heterocycles. The van der Waals surface area contributed by atoms with Gasteiger partial charge in [-0.2, -0.15) is 0 Å². The standard InChI is InChI=1S/C20H28O3/c1-2-3-4-5-6-7-8-9-10-13-18-17(15-16-19(18)21)12-11-14-20(22)23/h6-7,9-10,13,15-17H,2-5,8,11-12,14H2,1H3,(H,22,23)/b7-6-,10-9+,18-13+. The smallest absolute Gasteiger partial charge is 0.303 e. The van der Waals surface area contributed by atoms with Crippen LogP contribution < -0.4 is 0 Å². The molecule has 0 heterocycles. The lowest BCUT2D eigenvalue weighted by Gasteiger charge is -2.08. The Kier molecular flexibility index (Phi) is 9.69. The summed E-state index contributed by atoms with van der Waals surface area (Å²) in [5.74, 6) is -0.671. The predicted octanol–water partition coefficient (Wildman–Crippen LogP) is 5.01. The Balaban J connectivity index is 2.36. The molecule has 1 atom stereocenters. The molecule has 0 radical (unpaired) electrons. The van der Waals surface area contributed by atoms with Gasteiger partial charge in [0.05, 0.1) is 0 Å². The first-order chi connectivity index (χ1) is 11.1. The monoisotopic (exact) mass is 316 g/mol. The van der Waals surface area contributed by atoms with Gasteiger partial charge in [0.1, 0.15) is 0 Å². The normalized spacial score (nSPS) is 19.6. The summed E-state index contributed by atoms with van der Waals surface area (Å²) < 4.78 is 0. The molecule has 0 aromatic rings. The summed E-state index contributed by atoms with van der Waals surface area (Å²) in [5.41, 5.74) is 0.776. The Labute approximate surface area is 139 Å². The SMILES string of the molecule is CCCCC/C=C\C/C=C/C=C1/C(=O)C=CC1CCCC(=O)O.